The zero-order valence-corrected chi connectivity index (χ0v) is 23.3. The van der Waals surface area contributed by atoms with E-state index in [0.29, 0.717) is 0 Å². The van der Waals surface area contributed by atoms with Gasteiger partial charge in [-0.15, -0.1) is 0 Å². The lowest BCUT2D eigenvalue weighted by molar-refractivity contribution is -0.232. The van der Waals surface area contributed by atoms with Crippen molar-refractivity contribution in [3.63, 3.8) is 0 Å². The fourth-order valence-corrected chi connectivity index (χ4v) is 5.52. The van der Waals surface area contributed by atoms with Crippen molar-refractivity contribution in [2.24, 2.45) is 0 Å². The van der Waals surface area contributed by atoms with Crippen LogP contribution in [0.1, 0.15) is 23.3 Å². The van der Waals surface area contributed by atoms with Crippen molar-refractivity contribution in [1.82, 2.24) is 0 Å². The molecule has 44 heavy (non-hydrogen) atoms. The van der Waals surface area contributed by atoms with Crippen molar-refractivity contribution < 1.29 is 74.4 Å². The number of benzene rings is 2. The summed E-state index contributed by atoms with van der Waals surface area (Å²) in [6, 6.07) is 3.55. The first kappa shape index (κ1) is 31.7. The average Bonchev–Trinajstić information content (AvgIpc) is 3.00. The summed E-state index contributed by atoms with van der Waals surface area (Å²) in [5, 5.41) is 105. The van der Waals surface area contributed by atoms with Crippen LogP contribution in [0.15, 0.2) is 27.4 Å². The van der Waals surface area contributed by atoms with E-state index in [9.17, 15) is 55.9 Å². The van der Waals surface area contributed by atoms with Gasteiger partial charge in [0.25, 0.3) is 0 Å². The van der Waals surface area contributed by atoms with E-state index in [1.165, 1.54) is 26.4 Å². The van der Waals surface area contributed by atoms with Gasteiger partial charge in [0.2, 0.25) is 5.75 Å². The predicted molar refractivity (Wildman–Crippen MR) is 145 cm³/mol. The molecule has 0 radical (unpaired) electrons. The van der Waals surface area contributed by atoms with Gasteiger partial charge in [0.15, 0.2) is 22.5 Å². The molecule has 2 aliphatic heterocycles. The third kappa shape index (κ3) is 4.99. The van der Waals surface area contributed by atoms with Crippen LogP contribution >= 0.6 is 0 Å². The molecular weight excluding hydrogens is 592 g/mol. The van der Waals surface area contributed by atoms with Crippen LogP contribution in [-0.2, 0) is 9.47 Å². The van der Waals surface area contributed by atoms with Gasteiger partial charge >= 0.3 is 0 Å². The molecule has 240 valence electrons. The van der Waals surface area contributed by atoms with Gasteiger partial charge in [-0.3, -0.25) is 4.79 Å². The summed E-state index contributed by atoms with van der Waals surface area (Å²) >= 11 is 0. The normalized spacial score (nSPS) is 30.8. The summed E-state index contributed by atoms with van der Waals surface area (Å²) in [5.41, 5.74) is -2.55. The molecule has 0 amide bonds. The first-order valence-corrected chi connectivity index (χ1v) is 13.3. The largest absolute Gasteiger partial charge is 0.507 e. The van der Waals surface area contributed by atoms with E-state index >= 15 is 0 Å². The van der Waals surface area contributed by atoms with Crippen molar-refractivity contribution in [2.45, 2.75) is 54.9 Å². The number of fused-ring (bicyclic) bond motifs is 1. The van der Waals surface area contributed by atoms with Crippen LogP contribution in [0.2, 0.25) is 0 Å². The second-order valence-electron chi connectivity index (χ2n) is 10.5. The Hall–Kier alpha value is -3.71. The summed E-state index contributed by atoms with van der Waals surface area (Å²) in [6.07, 6.45) is -16.0. The monoisotopic (exact) mass is 624 g/mol. The highest BCUT2D eigenvalue weighted by Gasteiger charge is 2.48. The molecule has 16 nitrogen and oxygen atoms in total. The van der Waals surface area contributed by atoms with Crippen molar-refractivity contribution in [1.29, 1.82) is 0 Å². The van der Waals surface area contributed by atoms with Crippen LogP contribution in [0.5, 0.6) is 28.7 Å². The molecule has 10 N–H and O–H groups in total. The third-order valence-electron chi connectivity index (χ3n) is 7.92. The number of phenols is 3. The fourth-order valence-electron chi connectivity index (χ4n) is 5.52. The molecule has 2 saturated heterocycles. The Balaban J connectivity index is 1.82. The molecule has 0 spiro atoms. The first-order valence-electron chi connectivity index (χ1n) is 13.3. The lowest BCUT2D eigenvalue weighted by Crippen LogP contribution is -2.55. The van der Waals surface area contributed by atoms with Crippen LogP contribution in [0, 0.1) is 0 Å². The lowest BCUT2D eigenvalue weighted by atomic mass is 9.85. The summed E-state index contributed by atoms with van der Waals surface area (Å²) in [7, 11) is 2.54. The van der Waals surface area contributed by atoms with Gasteiger partial charge in [0.05, 0.1) is 38.6 Å². The Morgan fingerprint density at radius 1 is 0.773 bits per heavy atom. The molecule has 3 aromatic rings. The van der Waals surface area contributed by atoms with Gasteiger partial charge in [0, 0.05) is 11.6 Å². The Morgan fingerprint density at radius 2 is 1.39 bits per heavy atom. The van der Waals surface area contributed by atoms with Gasteiger partial charge in [-0.25, -0.2) is 0 Å². The van der Waals surface area contributed by atoms with Crippen LogP contribution in [0.3, 0.4) is 0 Å². The number of ether oxygens (including phenoxy) is 4. The number of methoxy groups -OCH3 is 2. The third-order valence-corrected chi connectivity index (χ3v) is 7.92. The standard InChI is InChI=1S/C28H32O16/c1-40-12-3-8(4-13(41-2)19(12)33)11-5-9(30)15-21(35)16(28-25(39)23(37)20(34)14(6-29)44-28)22(36)17(26(15)43-11)27-24(38)18(32)10(31)7-42-27/h3-5,10,14,18,20,23-25,27-29,31-39H,6-7H2,1-2H3/t10-,14+,18-,20+,23-,24-,25+,27-,28-/m0/s1. The Morgan fingerprint density at radius 3 is 1.98 bits per heavy atom. The smallest absolute Gasteiger partial charge is 0.200 e. The number of phenolic OH excluding ortho intramolecular Hbond substituents is 3. The van der Waals surface area contributed by atoms with Gasteiger partial charge in [0.1, 0.15) is 77.6 Å². The second-order valence-corrected chi connectivity index (χ2v) is 10.5. The Kier molecular flexibility index (Phi) is 8.65. The van der Waals surface area contributed by atoms with Gasteiger partial charge in [-0.1, -0.05) is 0 Å². The van der Waals surface area contributed by atoms with Crippen LogP contribution in [0.25, 0.3) is 22.3 Å². The molecule has 1 aromatic heterocycles. The molecular formula is C28H32O16. The summed E-state index contributed by atoms with van der Waals surface area (Å²) in [4.78, 5) is 13.6. The van der Waals surface area contributed by atoms with Crippen molar-refractivity contribution in [3.8, 4) is 40.1 Å². The van der Waals surface area contributed by atoms with Gasteiger partial charge < -0.3 is 74.4 Å². The SMILES string of the molecule is COc1cc(-c2cc(=O)c3c(O)c([C@@H]4O[C@H](CO)[C@@H](O)[C@H](O)[C@H]4O)c(O)c([C@@H]4OC[C@H](O)[C@H](O)[C@@H]4O)c3o2)cc(OC)c1O. The minimum absolute atomic E-state index is 0.0610. The molecule has 0 aliphatic carbocycles. The number of hydrogen-bond acceptors (Lipinski definition) is 16. The van der Waals surface area contributed by atoms with E-state index in [4.69, 9.17) is 23.4 Å². The van der Waals surface area contributed by atoms with Crippen molar-refractivity contribution in [3.05, 3.63) is 39.5 Å². The molecule has 0 unspecified atom stereocenters. The molecule has 5 rings (SSSR count). The van der Waals surface area contributed by atoms with Gasteiger partial charge in [-0.2, -0.15) is 0 Å². The van der Waals surface area contributed by atoms with Crippen LogP contribution in [-0.4, -0.2) is 121 Å². The van der Waals surface area contributed by atoms with Crippen molar-refractivity contribution in [2.75, 3.05) is 27.4 Å². The van der Waals surface area contributed by atoms with Crippen LogP contribution < -0.4 is 14.9 Å². The molecule has 0 saturated carbocycles. The first-order chi connectivity index (χ1) is 20.9. The highest BCUT2D eigenvalue weighted by atomic mass is 16.5. The topological polar surface area (TPSA) is 269 Å². The highest BCUT2D eigenvalue weighted by Crippen LogP contribution is 2.51. The quantitative estimate of drug-likeness (QED) is 0.146. The molecule has 16 heteroatoms. The zero-order chi connectivity index (χ0) is 32.2. The lowest BCUT2D eigenvalue weighted by Gasteiger charge is -2.41. The minimum Gasteiger partial charge on any atom is -0.507 e. The van der Waals surface area contributed by atoms with E-state index in [1.54, 1.807) is 0 Å². The Bertz CT molecular complexity index is 1580. The fraction of sp³-hybridized carbons (Fsp3) is 0.464. The highest BCUT2D eigenvalue weighted by molar-refractivity contribution is 5.92. The summed E-state index contributed by atoms with van der Waals surface area (Å²) in [6.45, 7) is -1.39. The van der Waals surface area contributed by atoms with E-state index < -0.39 is 107 Å². The predicted octanol–water partition coefficient (Wildman–Crippen LogP) is -1.74. The Labute approximate surface area is 247 Å². The maximum absolute atomic E-state index is 13.6. The number of hydrogen-bond donors (Lipinski definition) is 10. The van der Waals surface area contributed by atoms with E-state index in [-0.39, 0.29) is 28.6 Å². The number of aromatic hydroxyl groups is 3. The van der Waals surface area contributed by atoms with E-state index in [1.807, 2.05) is 0 Å². The average molecular weight is 625 g/mol. The molecule has 2 aliphatic rings. The van der Waals surface area contributed by atoms with Gasteiger partial charge in [-0.05, 0) is 12.1 Å². The van der Waals surface area contributed by atoms with Crippen LogP contribution in [0.4, 0.5) is 0 Å². The molecule has 9 atom stereocenters. The zero-order valence-electron chi connectivity index (χ0n) is 23.3. The maximum Gasteiger partial charge on any atom is 0.200 e. The maximum atomic E-state index is 13.6. The second kappa shape index (κ2) is 12.0. The van der Waals surface area contributed by atoms with Crippen molar-refractivity contribution >= 4 is 11.0 Å². The summed E-state index contributed by atoms with van der Waals surface area (Å²) in [5.74, 6) is -2.62. The number of aliphatic hydroxyl groups is 7. The van der Waals surface area contributed by atoms with E-state index in [2.05, 4.69) is 0 Å². The molecule has 3 heterocycles. The number of aliphatic hydroxyl groups excluding tert-OH is 7. The molecule has 2 fully saturated rings. The number of rotatable bonds is 6. The minimum atomic E-state index is -2.01. The summed E-state index contributed by atoms with van der Waals surface area (Å²) < 4.78 is 27.4. The molecule has 2 aromatic carbocycles. The van der Waals surface area contributed by atoms with E-state index in [0.717, 1.165) is 6.07 Å². The molecule has 0 bridgehead atoms.